The number of nitrogens with zero attached hydrogens (tertiary/aromatic N) is 4. The minimum Gasteiger partial charge on any atom is -0.461 e. The molecule has 0 aliphatic heterocycles. The third kappa shape index (κ3) is 3.20. The molecular formula is C12H14BrN5O2. The van der Waals surface area contributed by atoms with E-state index in [1.54, 1.807) is 17.8 Å². The van der Waals surface area contributed by atoms with Gasteiger partial charge in [0.25, 0.3) is 0 Å². The highest BCUT2D eigenvalue weighted by atomic mass is 79.9. The summed E-state index contributed by atoms with van der Waals surface area (Å²) in [4.78, 5) is 16.0. The van der Waals surface area contributed by atoms with E-state index in [1.807, 2.05) is 12.1 Å². The first kappa shape index (κ1) is 14.6. The zero-order valence-corrected chi connectivity index (χ0v) is 12.5. The number of pyridine rings is 1. The van der Waals surface area contributed by atoms with Crippen molar-refractivity contribution in [3.63, 3.8) is 0 Å². The van der Waals surface area contributed by atoms with E-state index in [-0.39, 0.29) is 18.8 Å². The summed E-state index contributed by atoms with van der Waals surface area (Å²) in [6.07, 6.45) is 1.70. The molecule has 0 saturated heterocycles. The maximum Gasteiger partial charge on any atom is 0.360 e. The van der Waals surface area contributed by atoms with Crippen LogP contribution in [0.25, 0.3) is 0 Å². The van der Waals surface area contributed by atoms with E-state index < -0.39 is 5.97 Å². The van der Waals surface area contributed by atoms with Gasteiger partial charge in [0.05, 0.1) is 24.5 Å². The summed E-state index contributed by atoms with van der Waals surface area (Å²) in [6, 6.07) is 3.74. The summed E-state index contributed by atoms with van der Waals surface area (Å²) >= 11 is 3.32. The third-order valence-corrected chi connectivity index (χ3v) is 3.07. The second kappa shape index (κ2) is 6.58. The average Bonchev–Trinajstić information content (AvgIpc) is 2.84. The van der Waals surface area contributed by atoms with E-state index >= 15 is 0 Å². The van der Waals surface area contributed by atoms with Gasteiger partial charge in [0.1, 0.15) is 0 Å². The maximum atomic E-state index is 11.7. The number of rotatable bonds is 5. The van der Waals surface area contributed by atoms with Gasteiger partial charge in [-0.25, -0.2) is 9.48 Å². The molecule has 0 fully saturated rings. The lowest BCUT2D eigenvalue weighted by Gasteiger charge is -2.05. The van der Waals surface area contributed by atoms with E-state index in [1.165, 1.54) is 0 Å². The molecule has 20 heavy (non-hydrogen) atoms. The first-order chi connectivity index (χ1) is 9.65. The maximum absolute atomic E-state index is 11.7. The number of hydrogen-bond acceptors (Lipinski definition) is 6. The number of carbonyl (C=O) groups excluding carboxylic acids is 1. The molecule has 2 N–H and O–H groups in total. The van der Waals surface area contributed by atoms with Gasteiger partial charge >= 0.3 is 5.97 Å². The number of nitrogens with two attached hydrogens (primary N) is 1. The van der Waals surface area contributed by atoms with Crippen LogP contribution in [-0.4, -0.2) is 32.6 Å². The third-order valence-electron chi connectivity index (χ3n) is 2.60. The fourth-order valence-corrected chi connectivity index (χ4v) is 1.91. The predicted molar refractivity (Wildman–Crippen MR) is 74.9 cm³/mol. The van der Waals surface area contributed by atoms with E-state index in [2.05, 4.69) is 31.2 Å². The summed E-state index contributed by atoms with van der Waals surface area (Å²) in [5.41, 5.74) is 7.16. The molecule has 0 amide bonds. The van der Waals surface area contributed by atoms with Crippen LogP contribution in [-0.2, 0) is 17.8 Å². The van der Waals surface area contributed by atoms with E-state index in [0.717, 1.165) is 10.2 Å². The largest absolute Gasteiger partial charge is 0.461 e. The van der Waals surface area contributed by atoms with Crippen LogP contribution < -0.4 is 5.73 Å². The van der Waals surface area contributed by atoms with Gasteiger partial charge in [-0.1, -0.05) is 5.21 Å². The monoisotopic (exact) mass is 339 g/mol. The molecule has 2 aromatic rings. The van der Waals surface area contributed by atoms with E-state index in [9.17, 15) is 4.79 Å². The van der Waals surface area contributed by atoms with Gasteiger partial charge in [-0.3, -0.25) is 4.98 Å². The molecule has 0 saturated carbocycles. The van der Waals surface area contributed by atoms with Gasteiger partial charge < -0.3 is 10.5 Å². The Kier molecular flexibility index (Phi) is 4.80. The SMILES string of the molecule is CCOC(=O)c1nnn(Cc2ccc(Br)cn2)c1CN. The lowest BCUT2D eigenvalue weighted by molar-refractivity contribution is 0.0518. The quantitative estimate of drug-likeness (QED) is 0.820. The van der Waals surface area contributed by atoms with E-state index in [0.29, 0.717) is 12.2 Å². The van der Waals surface area contributed by atoms with Gasteiger partial charge in [-0.05, 0) is 35.0 Å². The Hall–Kier alpha value is -1.80. The standard InChI is InChI=1S/C12H14BrN5O2/c1-2-20-12(19)11-10(5-14)18(17-16-11)7-9-4-3-8(13)6-15-9/h3-4,6H,2,5,7,14H2,1H3. The van der Waals surface area contributed by atoms with Gasteiger partial charge in [-0.15, -0.1) is 5.10 Å². The van der Waals surface area contributed by atoms with Crippen LogP contribution in [0.4, 0.5) is 0 Å². The number of halogens is 1. The molecule has 8 heteroatoms. The Bertz CT molecular complexity index is 596. The molecule has 2 aromatic heterocycles. The van der Waals surface area contributed by atoms with Crippen LogP contribution in [0.15, 0.2) is 22.8 Å². The molecular weight excluding hydrogens is 326 g/mol. The molecule has 0 aromatic carbocycles. The van der Waals surface area contributed by atoms with Crippen LogP contribution in [0.3, 0.4) is 0 Å². The Labute approximate surface area is 124 Å². The van der Waals surface area contributed by atoms with Crippen molar-refractivity contribution in [3.05, 3.63) is 39.9 Å². The molecule has 0 spiro atoms. The van der Waals surface area contributed by atoms with Crippen LogP contribution in [0.1, 0.15) is 28.8 Å². The first-order valence-electron chi connectivity index (χ1n) is 6.05. The fourth-order valence-electron chi connectivity index (χ4n) is 1.67. The van der Waals surface area contributed by atoms with Gasteiger partial charge in [0.15, 0.2) is 5.69 Å². The zero-order chi connectivity index (χ0) is 14.5. The molecule has 0 aliphatic carbocycles. The number of hydrogen-bond donors (Lipinski definition) is 1. The van der Waals surface area contributed by atoms with Crippen LogP contribution in [0, 0.1) is 0 Å². The van der Waals surface area contributed by atoms with Crippen LogP contribution >= 0.6 is 15.9 Å². The van der Waals surface area contributed by atoms with Crippen molar-refractivity contribution in [1.82, 2.24) is 20.0 Å². The van der Waals surface area contributed by atoms with Crippen molar-refractivity contribution >= 4 is 21.9 Å². The van der Waals surface area contributed by atoms with Crippen molar-refractivity contribution in [2.75, 3.05) is 6.61 Å². The molecule has 0 radical (unpaired) electrons. The minimum atomic E-state index is -0.511. The summed E-state index contributed by atoms with van der Waals surface area (Å²) in [7, 11) is 0. The number of aromatic nitrogens is 4. The van der Waals surface area contributed by atoms with Crippen molar-refractivity contribution in [2.45, 2.75) is 20.0 Å². The number of esters is 1. The summed E-state index contributed by atoms with van der Waals surface area (Å²) < 4.78 is 7.37. The molecule has 106 valence electrons. The highest BCUT2D eigenvalue weighted by molar-refractivity contribution is 9.10. The van der Waals surface area contributed by atoms with Crippen molar-refractivity contribution in [3.8, 4) is 0 Å². The van der Waals surface area contributed by atoms with E-state index in [4.69, 9.17) is 10.5 Å². The van der Waals surface area contributed by atoms with Crippen LogP contribution in [0.5, 0.6) is 0 Å². The minimum absolute atomic E-state index is 0.150. The Morgan fingerprint density at radius 2 is 2.30 bits per heavy atom. The summed E-state index contributed by atoms with van der Waals surface area (Å²) in [6.45, 7) is 2.56. The average molecular weight is 340 g/mol. The van der Waals surface area contributed by atoms with Crippen molar-refractivity contribution in [1.29, 1.82) is 0 Å². The smallest absolute Gasteiger partial charge is 0.360 e. The van der Waals surface area contributed by atoms with Crippen LogP contribution in [0.2, 0.25) is 0 Å². The molecule has 0 atom stereocenters. The highest BCUT2D eigenvalue weighted by Crippen LogP contribution is 2.11. The fraction of sp³-hybridized carbons (Fsp3) is 0.333. The Morgan fingerprint density at radius 1 is 1.50 bits per heavy atom. The Morgan fingerprint density at radius 3 is 2.90 bits per heavy atom. The molecule has 7 nitrogen and oxygen atoms in total. The lowest BCUT2D eigenvalue weighted by atomic mass is 10.3. The topological polar surface area (TPSA) is 95.9 Å². The van der Waals surface area contributed by atoms with Gasteiger partial charge in [-0.2, -0.15) is 0 Å². The van der Waals surface area contributed by atoms with Gasteiger partial charge in [0.2, 0.25) is 0 Å². The molecule has 0 aliphatic rings. The van der Waals surface area contributed by atoms with Crippen molar-refractivity contribution < 1.29 is 9.53 Å². The van der Waals surface area contributed by atoms with Gasteiger partial charge in [0, 0.05) is 17.2 Å². The second-order valence-electron chi connectivity index (χ2n) is 3.93. The molecule has 0 bridgehead atoms. The number of ether oxygens (including phenoxy) is 1. The first-order valence-corrected chi connectivity index (χ1v) is 6.85. The molecule has 0 unspecified atom stereocenters. The molecule has 2 heterocycles. The molecule has 2 rings (SSSR count). The normalized spacial score (nSPS) is 10.6. The zero-order valence-electron chi connectivity index (χ0n) is 10.9. The summed E-state index contributed by atoms with van der Waals surface area (Å²) in [5.74, 6) is -0.511. The Balaban J connectivity index is 2.24. The van der Waals surface area contributed by atoms with Crippen molar-refractivity contribution in [2.24, 2.45) is 5.73 Å². The summed E-state index contributed by atoms with van der Waals surface area (Å²) in [5, 5.41) is 7.78. The number of carbonyl (C=O) groups is 1. The lowest BCUT2D eigenvalue weighted by Crippen LogP contribution is -2.15. The highest BCUT2D eigenvalue weighted by Gasteiger charge is 2.19. The second-order valence-corrected chi connectivity index (χ2v) is 4.85. The predicted octanol–water partition coefficient (Wildman–Crippen LogP) is 1.12.